The molecule has 0 amide bonds. The van der Waals surface area contributed by atoms with Crippen LogP contribution in [0.2, 0.25) is 0 Å². The molecule has 0 unspecified atom stereocenters. The summed E-state index contributed by atoms with van der Waals surface area (Å²) in [5.41, 5.74) is 0. The number of nitrogens with zero attached hydrogens (tertiary/aromatic N) is 3. The summed E-state index contributed by atoms with van der Waals surface area (Å²) in [6, 6.07) is 0.740. The van der Waals surface area contributed by atoms with Crippen molar-refractivity contribution in [3.05, 3.63) is 9.98 Å². The topological polar surface area (TPSA) is 19.4 Å². The van der Waals surface area contributed by atoms with Gasteiger partial charge in [0, 0.05) is 24.5 Å². The average molecular weight is 290 g/mol. The highest BCUT2D eigenvalue weighted by Crippen LogP contribution is 2.26. The van der Waals surface area contributed by atoms with Crippen LogP contribution in [0, 0.1) is 0 Å². The molecular weight excluding hydrogens is 274 g/mol. The lowest BCUT2D eigenvalue weighted by atomic mass is 10.0. The molecule has 1 aliphatic heterocycles. The number of rotatable bonds is 2. The van der Waals surface area contributed by atoms with Crippen molar-refractivity contribution in [2.45, 2.75) is 18.9 Å². The van der Waals surface area contributed by atoms with E-state index in [1.54, 1.807) is 11.3 Å². The van der Waals surface area contributed by atoms with Gasteiger partial charge in [0.25, 0.3) is 0 Å². The number of aromatic nitrogens is 1. The summed E-state index contributed by atoms with van der Waals surface area (Å²) in [6.07, 6.45) is 2.48. The van der Waals surface area contributed by atoms with E-state index < -0.39 is 0 Å². The highest BCUT2D eigenvalue weighted by molar-refractivity contribution is 9.10. The van der Waals surface area contributed by atoms with E-state index >= 15 is 0 Å². The zero-order valence-electron chi connectivity index (χ0n) is 9.11. The Morgan fingerprint density at radius 2 is 2.13 bits per heavy atom. The van der Waals surface area contributed by atoms with Crippen LogP contribution in [0.1, 0.15) is 12.8 Å². The van der Waals surface area contributed by atoms with Gasteiger partial charge in [-0.2, -0.15) is 0 Å². The van der Waals surface area contributed by atoms with Crippen LogP contribution in [0.25, 0.3) is 0 Å². The third-order valence-corrected chi connectivity index (χ3v) is 4.54. The molecule has 0 atom stereocenters. The highest BCUT2D eigenvalue weighted by Gasteiger charge is 2.22. The Morgan fingerprint density at radius 3 is 2.60 bits per heavy atom. The Bertz CT molecular complexity index is 318. The standard InChI is InChI=1S/C10H16BrN3S/c1-13(2)8-3-5-14(6-4-8)10-12-9(11)7-15-10/h7-8H,3-6H2,1-2H3. The Kier molecular flexibility index (Phi) is 3.64. The minimum atomic E-state index is 0.740. The van der Waals surface area contributed by atoms with Crippen LogP contribution in [0.4, 0.5) is 5.13 Å². The van der Waals surface area contributed by atoms with Crippen LogP contribution in [0.5, 0.6) is 0 Å². The van der Waals surface area contributed by atoms with Crippen LogP contribution in [-0.2, 0) is 0 Å². The number of halogens is 1. The van der Waals surface area contributed by atoms with E-state index in [0.717, 1.165) is 28.9 Å². The molecule has 1 fully saturated rings. The monoisotopic (exact) mass is 289 g/mol. The fourth-order valence-corrected chi connectivity index (χ4v) is 3.27. The van der Waals surface area contributed by atoms with Crippen molar-refractivity contribution in [2.24, 2.45) is 0 Å². The number of anilines is 1. The zero-order valence-corrected chi connectivity index (χ0v) is 11.5. The molecule has 2 heterocycles. The first-order chi connectivity index (χ1) is 7.16. The first-order valence-electron chi connectivity index (χ1n) is 5.19. The van der Waals surface area contributed by atoms with Gasteiger partial charge in [-0.25, -0.2) is 4.98 Å². The quantitative estimate of drug-likeness (QED) is 0.834. The van der Waals surface area contributed by atoms with Crippen LogP contribution in [0.3, 0.4) is 0 Å². The zero-order chi connectivity index (χ0) is 10.8. The predicted octanol–water partition coefficient (Wildman–Crippen LogP) is 2.44. The molecule has 0 aromatic carbocycles. The second-order valence-electron chi connectivity index (χ2n) is 4.13. The summed E-state index contributed by atoms with van der Waals surface area (Å²) in [6.45, 7) is 2.26. The molecular formula is C10H16BrN3S. The lowest BCUT2D eigenvalue weighted by Crippen LogP contribution is -2.41. The van der Waals surface area contributed by atoms with Gasteiger partial charge in [0.2, 0.25) is 0 Å². The molecule has 2 rings (SSSR count). The first-order valence-corrected chi connectivity index (χ1v) is 6.86. The molecule has 1 aromatic heterocycles. The number of piperidine rings is 1. The normalized spacial score (nSPS) is 18.8. The van der Waals surface area contributed by atoms with Gasteiger partial charge in [-0.3, -0.25) is 0 Å². The maximum absolute atomic E-state index is 4.45. The van der Waals surface area contributed by atoms with Gasteiger partial charge in [0.05, 0.1) is 0 Å². The maximum Gasteiger partial charge on any atom is 0.186 e. The Hall–Kier alpha value is -0.130. The van der Waals surface area contributed by atoms with Crippen LogP contribution < -0.4 is 4.90 Å². The first kappa shape index (κ1) is 11.4. The fourth-order valence-electron chi connectivity index (χ4n) is 1.96. The Balaban J connectivity index is 1.93. The van der Waals surface area contributed by atoms with E-state index in [1.165, 1.54) is 12.8 Å². The predicted molar refractivity (Wildman–Crippen MR) is 68.7 cm³/mol. The molecule has 1 saturated heterocycles. The molecule has 0 aliphatic carbocycles. The largest absolute Gasteiger partial charge is 0.348 e. The molecule has 1 aromatic rings. The van der Waals surface area contributed by atoms with Gasteiger partial charge < -0.3 is 9.80 Å². The van der Waals surface area contributed by atoms with E-state index in [2.05, 4.69) is 44.8 Å². The Morgan fingerprint density at radius 1 is 1.47 bits per heavy atom. The maximum atomic E-state index is 4.45. The minimum absolute atomic E-state index is 0.740. The second kappa shape index (κ2) is 4.80. The number of thiazole rings is 1. The fraction of sp³-hybridized carbons (Fsp3) is 0.700. The molecule has 15 heavy (non-hydrogen) atoms. The highest BCUT2D eigenvalue weighted by atomic mass is 79.9. The molecule has 0 spiro atoms. The van der Waals surface area contributed by atoms with Crippen LogP contribution >= 0.6 is 27.3 Å². The van der Waals surface area contributed by atoms with Crippen molar-refractivity contribution in [3.8, 4) is 0 Å². The van der Waals surface area contributed by atoms with E-state index in [9.17, 15) is 0 Å². The summed E-state index contributed by atoms with van der Waals surface area (Å²) < 4.78 is 0.956. The van der Waals surface area contributed by atoms with E-state index in [4.69, 9.17) is 0 Å². The lowest BCUT2D eigenvalue weighted by molar-refractivity contribution is 0.249. The van der Waals surface area contributed by atoms with Crippen molar-refractivity contribution >= 4 is 32.4 Å². The van der Waals surface area contributed by atoms with Gasteiger partial charge >= 0.3 is 0 Å². The van der Waals surface area contributed by atoms with Crippen LogP contribution in [-0.4, -0.2) is 43.1 Å². The molecule has 3 nitrogen and oxygen atoms in total. The molecule has 0 bridgehead atoms. The molecule has 1 aliphatic rings. The van der Waals surface area contributed by atoms with Crippen molar-refractivity contribution in [2.75, 3.05) is 32.1 Å². The van der Waals surface area contributed by atoms with Crippen molar-refractivity contribution in [1.82, 2.24) is 9.88 Å². The average Bonchev–Trinajstić information content (AvgIpc) is 2.65. The lowest BCUT2D eigenvalue weighted by Gasteiger charge is -2.34. The molecule has 0 saturated carbocycles. The second-order valence-corrected chi connectivity index (χ2v) is 5.78. The minimum Gasteiger partial charge on any atom is -0.348 e. The summed E-state index contributed by atoms with van der Waals surface area (Å²) in [7, 11) is 4.33. The van der Waals surface area contributed by atoms with Gasteiger partial charge in [-0.15, -0.1) is 11.3 Å². The van der Waals surface area contributed by atoms with Gasteiger partial charge in [-0.1, -0.05) is 0 Å². The Labute approximate surface area is 103 Å². The number of hydrogen-bond acceptors (Lipinski definition) is 4. The van der Waals surface area contributed by atoms with E-state index in [0.29, 0.717) is 0 Å². The van der Waals surface area contributed by atoms with E-state index in [-0.39, 0.29) is 0 Å². The number of hydrogen-bond donors (Lipinski definition) is 0. The SMILES string of the molecule is CN(C)C1CCN(c2nc(Br)cs2)CC1. The van der Waals surface area contributed by atoms with E-state index in [1.807, 2.05) is 5.38 Å². The van der Waals surface area contributed by atoms with Crippen molar-refractivity contribution in [1.29, 1.82) is 0 Å². The third kappa shape index (κ3) is 2.71. The summed E-state index contributed by atoms with van der Waals surface area (Å²) in [4.78, 5) is 9.16. The molecule has 0 radical (unpaired) electrons. The van der Waals surface area contributed by atoms with Gasteiger partial charge in [0.1, 0.15) is 4.60 Å². The molecule has 84 valence electrons. The van der Waals surface area contributed by atoms with Gasteiger partial charge in [0.15, 0.2) is 5.13 Å². The van der Waals surface area contributed by atoms with Crippen molar-refractivity contribution < 1.29 is 0 Å². The summed E-state index contributed by atoms with van der Waals surface area (Å²) >= 11 is 5.12. The molecule has 0 N–H and O–H groups in total. The smallest absolute Gasteiger partial charge is 0.186 e. The molecule has 5 heteroatoms. The third-order valence-electron chi connectivity index (χ3n) is 2.93. The van der Waals surface area contributed by atoms with Gasteiger partial charge in [-0.05, 0) is 42.9 Å². The van der Waals surface area contributed by atoms with Crippen molar-refractivity contribution in [3.63, 3.8) is 0 Å². The summed E-state index contributed by atoms with van der Waals surface area (Å²) in [5.74, 6) is 0. The summed E-state index contributed by atoms with van der Waals surface area (Å²) in [5, 5.41) is 3.20. The van der Waals surface area contributed by atoms with Crippen LogP contribution in [0.15, 0.2) is 9.98 Å².